The van der Waals surface area contributed by atoms with Gasteiger partial charge >= 0.3 is 0 Å². The van der Waals surface area contributed by atoms with Crippen LogP contribution in [0.4, 0.5) is 0 Å². The van der Waals surface area contributed by atoms with Crippen LogP contribution in [0.5, 0.6) is 0 Å². The summed E-state index contributed by atoms with van der Waals surface area (Å²) in [6, 6.07) is 14.7. The average Bonchev–Trinajstić information content (AvgIpc) is 2.68. The van der Waals surface area contributed by atoms with E-state index >= 15 is 0 Å². The van der Waals surface area contributed by atoms with Crippen LogP contribution in [-0.4, -0.2) is 30.9 Å². The molecule has 4 heteroatoms. The molecule has 1 N–H and O–H groups in total. The van der Waals surface area contributed by atoms with E-state index in [1.165, 1.54) is 37.9 Å². The van der Waals surface area contributed by atoms with Gasteiger partial charge in [-0.15, -0.1) is 0 Å². The molecule has 25 heavy (non-hydrogen) atoms. The maximum atomic E-state index is 11.9. The van der Waals surface area contributed by atoms with Crippen LogP contribution in [0.15, 0.2) is 42.5 Å². The molecule has 0 bridgehead atoms. The minimum absolute atomic E-state index is 0.165. The third-order valence-corrected chi connectivity index (χ3v) is 5.43. The zero-order valence-electron chi connectivity index (χ0n) is 14.9. The molecule has 0 unspecified atom stereocenters. The summed E-state index contributed by atoms with van der Waals surface area (Å²) >= 11 is 6.14. The van der Waals surface area contributed by atoms with E-state index in [4.69, 9.17) is 11.6 Å². The summed E-state index contributed by atoms with van der Waals surface area (Å²) in [6.07, 6.45) is 3.96. The lowest BCUT2D eigenvalue weighted by atomic mass is 9.98. The molecule has 1 aliphatic rings. The smallest absolute Gasteiger partial charge is 0.252 e. The second-order valence-corrected chi connectivity index (χ2v) is 7.08. The number of rotatable bonds is 4. The standard InChI is InChI=1S/C21H25ClN2O/c1-15(24-12-4-3-5-13-24)16-6-8-17(9-7-16)18-10-11-20(22)19(14-18)21(25)23-2/h6-11,14-15H,3-5,12-13H2,1-2H3,(H,23,25)/t15-/m1/s1. The molecule has 1 fully saturated rings. The summed E-state index contributed by atoms with van der Waals surface area (Å²) in [4.78, 5) is 14.5. The predicted molar refractivity (Wildman–Crippen MR) is 104 cm³/mol. The molecule has 2 aromatic carbocycles. The van der Waals surface area contributed by atoms with Crippen LogP contribution in [0.3, 0.4) is 0 Å². The molecule has 2 aromatic rings. The van der Waals surface area contributed by atoms with E-state index in [1.54, 1.807) is 13.1 Å². The zero-order chi connectivity index (χ0) is 17.8. The molecule has 3 nitrogen and oxygen atoms in total. The largest absolute Gasteiger partial charge is 0.355 e. The number of nitrogens with one attached hydrogen (secondary N) is 1. The van der Waals surface area contributed by atoms with Crippen LogP contribution < -0.4 is 5.32 Å². The molecule has 0 spiro atoms. The van der Waals surface area contributed by atoms with E-state index in [-0.39, 0.29) is 5.91 Å². The minimum atomic E-state index is -0.165. The van der Waals surface area contributed by atoms with Gasteiger partial charge in [-0.2, -0.15) is 0 Å². The van der Waals surface area contributed by atoms with Gasteiger partial charge < -0.3 is 5.32 Å². The number of carbonyl (C=O) groups excluding carboxylic acids is 1. The maximum absolute atomic E-state index is 11.9. The summed E-state index contributed by atoms with van der Waals surface area (Å²) in [6.45, 7) is 4.66. The molecule has 1 saturated heterocycles. The highest BCUT2D eigenvalue weighted by Crippen LogP contribution is 2.29. The Morgan fingerprint density at radius 2 is 1.68 bits per heavy atom. The molecule has 0 aliphatic carbocycles. The van der Waals surface area contributed by atoms with Gasteiger partial charge in [0.2, 0.25) is 0 Å². The topological polar surface area (TPSA) is 32.3 Å². The number of hydrogen-bond donors (Lipinski definition) is 1. The van der Waals surface area contributed by atoms with E-state index < -0.39 is 0 Å². The van der Waals surface area contributed by atoms with E-state index in [2.05, 4.69) is 41.4 Å². The Hall–Kier alpha value is -1.84. The molecule has 0 aromatic heterocycles. The number of piperidine rings is 1. The number of benzene rings is 2. The highest BCUT2D eigenvalue weighted by Gasteiger charge is 2.18. The number of nitrogens with zero attached hydrogens (tertiary/aromatic N) is 1. The van der Waals surface area contributed by atoms with Crippen molar-refractivity contribution in [1.82, 2.24) is 10.2 Å². The zero-order valence-corrected chi connectivity index (χ0v) is 15.6. The van der Waals surface area contributed by atoms with Gasteiger partial charge in [-0.3, -0.25) is 9.69 Å². The van der Waals surface area contributed by atoms with Crippen molar-refractivity contribution >= 4 is 17.5 Å². The fourth-order valence-corrected chi connectivity index (χ4v) is 3.69. The molecule has 3 rings (SSSR count). The monoisotopic (exact) mass is 356 g/mol. The fourth-order valence-electron chi connectivity index (χ4n) is 3.48. The van der Waals surface area contributed by atoms with Crippen molar-refractivity contribution in [2.75, 3.05) is 20.1 Å². The average molecular weight is 357 g/mol. The van der Waals surface area contributed by atoms with Crippen LogP contribution in [0.25, 0.3) is 11.1 Å². The first kappa shape index (κ1) is 18.0. The van der Waals surface area contributed by atoms with Crippen molar-refractivity contribution in [1.29, 1.82) is 0 Å². The summed E-state index contributed by atoms with van der Waals surface area (Å²) in [5, 5.41) is 3.10. The van der Waals surface area contributed by atoms with Gasteiger partial charge in [0.15, 0.2) is 0 Å². The summed E-state index contributed by atoms with van der Waals surface area (Å²) in [7, 11) is 1.61. The number of likely N-dealkylation sites (tertiary alicyclic amines) is 1. The van der Waals surface area contributed by atoms with Crippen molar-refractivity contribution in [3.8, 4) is 11.1 Å². The second-order valence-electron chi connectivity index (χ2n) is 6.67. The highest BCUT2D eigenvalue weighted by atomic mass is 35.5. The highest BCUT2D eigenvalue weighted by molar-refractivity contribution is 6.34. The number of hydrogen-bond acceptors (Lipinski definition) is 2. The van der Waals surface area contributed by atoms with Gasteiger partial charge in [-0.05, 0) is 61.7 Å². The van der Waals surface area contributed by atoms with Gasteiger partial charge in [-0.1, -0.05) is 48.4 Å². The Balaban J connectivity index is 1.81. The predicted octanol–water partition coefficient (Wildman–Crippen LogP) is 4.91. The molecule has 1 atom stereocenters. The van der Waals surface area contributed by atoms with Crippen LogP contribution >= 0.6 is 11.6 Å². The summed E-state index contributed by atoms with van der Waals surface area (Å²) < 4.78 is 0. The van der Waals surface area contributed by atoms with E-state index in [9.17, 15) is 4.79 Å². The number of carbonyl (C=O) groups is 1. The van der Waals surface area contributed by atoms with Crippen molar-refractivity contribution in [3.63, 3.8) is 0 Å². The van der Waals surface area contributed by atoms with Crippen molar-refractivity contribution in [2.24, 2.45) is 0 Å². The van der Waals surface area contributed by atoms with Gasteiger partial charge in [0.25, 0.3) is 5.91 Å². The molecular formula is C21H25ClN2O. The summed E-state index contributed by atoms with van der Waals surface area (Å²) in [5.74, 6) is -0.165. The molecule has 1 aliphatic heterocycles. The van der Waals surface area contributed by atoms with E-state index in [0.29, 0.717) is 16.6 Å². The normalized spacial score (nSPS) is 16.4. The maximum Gasteiger partial charge on any atom is 0.252 e. The van der Waals surface area contributed by atoms with Crippen molar-refractivity contribution < 1.29 is 4.79 Å². The van der Waals surface area contributed by atoms with Gasteiger partial charge in [0.1, 0.15) is 0 Å². The van der Waals surface area contributed by atoms with Gasteiger partial charge in [0.05, 0.1) is 10.6 Å². The second kappa shape index (κ2) is 8.03. The Labute approximate surface area is 155 Å². The minimum Gasteiger partial charge on any atom is -0.355 e. The Bertz CT molecular complexity index is 736. The molecule has 0 saturated carbocycles. The summed E-state index contributed by atoms with van der Waals surface area (Å²) in [5.41, 5.74) is 3.94. The Morgan fingerprint density at radius 1 is 1.04 bits per heavy atom. The SMILES string of the molecule is CNC(=O)c1cc(-c2ccc([C@@H](C)N3CCCCC3)cc2)ccc1Cl. The third kappa shape index (κ3) is 4.05. The molecule has 0 radical (unpaired) electrons. The Kier molecular flexibility index (Phi) is 5.77. The van der Waals surface area contributed by atoms with Gasteiger partial charge in [-0.25, -0.2) is 0 Å². The molecular weight excluding hydrogens is 332 g/mol. The van der Waals surface area contributed by atoms with E-state index in [1.807, 2.05) is 12.1 Å². The molecule has 1 amide bonds. The lowest BCUT2D eigenvalue weighted by Crippen LogP contribution is -2.32. The van der Waals surface area contributed by atoms with Gasteiger partial charge in [0, 0.05) is 13.1 Å². The quantitative estimate of drug-likeness (QED) is 0.843. The van der Waals surface area contributed by atoms with Crippen molar-refractivity contribution in [3.05, 3.63) is 58.6 Å². The number of halogens is 1. The molecule has 132 valence electrons. The van der Waals surface area contributed by atoms with Crippen LogP contribution in [-0.2, 0) is 0 Å². The first-order valence-corrected chi connectivity index (χ1v) is 9.34. The lowest BCUT2D eigenvalue weighted by molar-refractivity contribution is 0.0963. The first-order chi connectivity index (χ1) is 12.1. The molecule has 1 heterocycles. The third-order valence-electron chi connectivity index (χ3n) is 5.10. The Morgan fingerprint density at radius 3 is 2.32 bits per heavy atom. The fraction of sp³-hybridized carbons (Fsp3) is 0.381. The van der Waals surface area contributed by atoms with Crippen LogP contribution in [0.2, 0.25) is 5.02 Å². The van der Waals surface area contributed by atoms with Crippen LogP contribution in [0.1, 0.15) is 48.1 Å². The van der Waals surface area contributed by atoms with Crippen molar-refractivity contribution in [2.45, 2.75) is 32.2 Å². The first-order valence-electron chi connectivity index (χ1n) is 8.96. The van der Waals surface area contributed by atoms with Crippen LogP contribution in [0, 0.1) is 0 Å². The lowest BCUT2D eigenvalue weighted by Gasteiger charge is -2.32. The van der Waals surface area contributed by atoms with E-state index in [0.717, 1.165) is 11.1 Å². The number of amides is 1.